The van der Waals surface area contributed by atoms with Gasteiger partial charge in [-0.3, -0.25) is 11.3 Å². The van der Waals surface area contributed by atoms with E-state index < -0.39 is 0 Å². The normalized spacial score (nSPS) is 31.5. The lowest BCUT2D eigenvalue weighted by atomic mass is 9.66. The average molecular weight is 170 g/mol. The highest BCUT2D eigenvalue weighted by Crippen LogP contribution is 2.41. The number of nitrogens with two attached hydrogens (primary N) is 1. The molecule has 1 rings (SSSR count). The second-order valence-corrected chi connectivity index (χ2v) is 4.80. The summed E-state index contributed by atoms with van der Waals surface area (Å²) in [5, 5.41) is 0. The van der Waals surface area contributed by atoms with Crippen molar-refractivity contribution in [1.29, 1.82) is 0 Å². The van der Waals surface area contributed by atoms with Crippen LogP contribution in [0.15, 0.2) is 0 Å². The molecule has 0 aromatic carbocycles. The van der Waals surface area contributed by atoms with Crippen molar-refractivity contribution in [3.63, 3.8) is 0 Å². The monoisotopic (exact) mass is 170 g/mol. The van der Waals surface area contributed by atoms with Gasteiger partial charge in [-0.15, -0.1) is 0 Å². The van der Waals surface area contributed by atoms with Gasteiger partial charge in [0.15, 0.2) is 0 Å². The van der Waals surface area contributed by atoms with E-state index in [0.717, 1.165) is 5.92 Å². The van der Waals surface area contributed by atoms with Crippen LogP contribution in [0.1, 0.15) is 46.5 Å². The molecule has 1 fully saturated rings. The Morgan fingerprint density at radius 1 is 1.42 bits per heavy atom. The van der Waals surface area contributed by atoms with Crippen molar-refractivity contribution in [3.8, 4) is 0 Å². The van der Waals surface area contributed by atoms with Gasteiger partial charge in [0.05, 0.1) is 0 Å². The van der Waals surface area contributed by atoms with Crippen molar-refractivity contribution in [2.45, 2.75) is 52.5 Å². The third-order valence-electron chi connectivity index (χ3n) is 3.46. The van der Waals surface area contributed by atoms with E-state index in [1.54, 1.807) is 0 Å². The molecule has 2 atom stereocenters. The molecule has 3 N–H and O–H groups in total. The van der Waals surface area contributed by atoms with Crippen LogP contribution in [-0.4, -0.2) is 6.04 Å². The molecule has 2 unspecified atom stereocenters. The second kappa shape index (κ2) is 3.75. The van der Waals surface area contributed by atoms with Crippen molar-refractivity contribution < 1.29 is 0 Å². The first-order valence-electron chi connectivity index (χ1n) is 5.04. The molecule has 12 heavy (non-hydrogen) atoms. The zero-order valence-electron chi connectivity index (χ0n) is 8.56. The van der Waals surface area contributed by atoms with Crippen LogP contribution >= 0.6 is 0 Å². The topological polar surface area (TPSA) is 38.0 Å². The average Bonchev–Trinajstić information content (AvgIpc) is 2.02. The summed E-state index contributed by atoms with van der Waals surface area (Å²) >= 11 is 0. The number of hydrogen-bond acceptors (Lipinski definition) is 2. The molecule has 1 aliphatic carbocycles. The Morgan fingerprint density at radius 3 is 2.58 bits per heavy atom. The molecule has 2 heteroatoms. The molecular weight excluding hydrogens is 148 g/mol. The highest BCUT2D eigenvalue weighted by atomic mass is 15.2. The number of hydrazine groups is 1. The smallest absolute Gasteiger partial charge is 0.0215 e. The molecule has 0 aromatic heterocycles. The van der Waals surface area contributed by atoms with E-state index in [1.807, 2.05) is 0 Å². The van der Waals surface area contributed by atoms with Crippen molar-refractivity contribution in [2.75, 3.05) is 0 Å². The Bertz CT molecular complexity index is 143. The van der Waals surface area contributed by atoms with Crippen LogP contribution < -0.4 is 11.3 Å². The minimum atomic E-state index is 0.459. The van der Waals surface area contributed by atoms with Crippen molar-refractivity contribution in [3.05, 3.63) is 0 Å². The third kappa shape index (κ3) is 1.99. The summed E-state index contributed by atoms with van der Waals surface area (Å²) in [7, 11) is 0. The summed E-state index contributed by atoms with van der Waals surface area (Å²) in [6.45, 7) is 6.92. The second-order valence-electron chi connectivity index (χ2n) is 4.80. The van der Waals surface area contributed by atoms with Crippen LogP contribution in [0, 0.1) is 11.3 Å². The highest BCUT2D eigenvalue weighted by Gasteiger charge is 2.35. The fourth-order valence-corrected chi connectivity index (χ4v) is 2.56. The summed E-state index contributed by atoms with van der Waals surface area (Å²) < 4.78 is 0. The summed E-state index contributed by atoms with van der Waals surface area (Å²) in [4.78, 5) is 0. The van der Waals surface area contributed by atoms with Gasteiger partial charge in [0.2, 0.25) is 0 Å². The molecule has 0 aromatic rings. The molecule has 2 nitrogen and oxygen atoms in total. The van der Waals surface area contributed by atoms with Crippen LogP contribution in [0.3, 0.4) is 0 Å². The molecule has 72 valence electrons. The summed E-state index contributed by atoms with van der Waals surface area (Å²) in [6.07, 6.45) is 5.45. The molecule has 1 aliphatic rings. The SMILES string of the molecule is CC(NN)C1CCCCC1(C)C. The zero-order valence-corrected chi connectivity index (χ0v) is 8.56. The van der Waals surface area contributed by atoms with Gasteiger partial charge in [0, 0.05) is 6.04 Å². The Hall–Kier alpha value is -0.0800. The first-order chi connectivity index (χ1) is 5.58. The number of hydrogen-bond donors (Lipinski definition) is 2. The van der Waals surface area contributed by atoms with Crippen molar-refractivity contribution >= 4 is 0 Å². The predicted octanol–water partition coefficient (Wildman–Crippen LogP) is 2.05. The Kier molecular flexibility index (Phi) is 3.13. The lowest BCUT2D eigenvalue weighted by Crippen LogP contribution is -2.45. The van der Waals surface area contributed by atoms with Gasteiger partial charge in [-0.05, 0) is 31.1 Å². The Morgan fingerprint density at radius 2 is 2.08 bits per heavy atom. The maximum atomic E-state index is 5.47. The quantitative estimate of drug-likeness (QED) is 0.492. The lowest BCUT2D eigenvalue weighted by molar-refractivity contribution is 0.105. The highest BCUT2D eigenvalue weighted by molar-refractivity contribution is 4.87. The summed E-state index contributed by atoms with van der Waals surface area (Å²) in [5.41, 5.74) is 3.37. The maximum Gasteiger partial charge on any atom is 0.0215 e. The third-order valence-corrected chi connectivity index (χ3v) is 3.46. The van der Waals surface area contributed by atoms with E-state index in [1.165, 1.54) is 25.7 Å². The summed E-state index contributed by atoms with van der Waals surface area (Å²) in [6, 6.07) is 0.459. The van der Waals surface area contributed by atoms with E-state index >= 15 is 0 Å². The molecule has 0 spiro atoms. The van der Waals surface area contributed by atoms with Crippen molar-refractivity contribution in [2.24, 2.45) is 17.2 Å². The molecule has 0 radical (unpaired) electrons. The fourth-order valence-electron chi connectivity index (χ4n) is 2.56. The van der Waals surface area contributed by atoms with Gasteiger partial charge in [-0.2, -0.15) is 0 Å². The first kappa shape index (κ1) is 10.0. The molecule has 0 aliphatic heterocycles. The fraction of sp³-hybridized carbons (Fsp3) is 1.00. The van der Waals surface area contributed by atoms with Crippen LogP contribution in [-0.2, 0) is 0 Å². The van der Waals surface area contributed by atoms with E-state index in [9.17, 15) is 0 Å². The Labute approximate surface area is 75.9 Å². The van der Waals surface area contributed by atoms with Crippen LogP contribution in [0.5, 0.6) is 0 Å². The van der Waals surface area contributed by atoms with Crippen LogP contribution in [0.4, 0.5) is 0 Å². The molecule has 0 heterocycles. The standard InChI is InChI=1S/C10H22N2/c1-8(12-11)9-6-4-5-7-10(9,2)3/h8-9,12H,4-7,11H2,1-3H3. The molecular formula is C10H22N2. The molecule has 0 amide bonds. The number of rotatable bonds is 2. The van der Waals surface area contributed by atoms with Gasteiger partial charge in [0.25, 0.3) is 0 Å². The number of nitrogens with one attached hydrogen (secondary N) is 1. The lowest BCUT2D eigenvalue weighted by Gasteiger charge is -2.41. The van der Waals surface area contributed by atoms with E-state index in [2.05, 4.69) is 26.2 Å². The summed E-state index contributed by atoms with van der Waals surface area (Å²) in [5.74, 6) is 6.22. The van der Waals surface area contributed by atoms with Gasteiger partial charge in [-0.1, -0.05) is 26.7 Å². The van der Waals surface area contributed by atoms with E-state index in [0.29, 0.717) is 11.5 Å². The van der Waals surface area contributed by atoms with Crippen LogP contribution in [0.2, 0.25) is 0 Å². The van der Waals surface area contributed by atoms with E-state index in [4.69, 9.17) is 5.84 Å². The van der Waals surface area contributed by atoms with Gasteiger partial charge in [-0.25, -0.2) is 0 Å². The van der Waals surface area contributed by atoms with Gasteiger partial charge >= 0.3 is 0 Å². The van der Waals surface area contributed by atoms with Gasteiger partial charge in [0.1, 0.15) is 0 Å². The Balaban J connectivity index is 2.59. The van der Waals surface area contributed by atoms with Gasteiger partial charge < -0.3 is 0 Å². The van der Waals surface area contributed by atoms with Crippen molar-refractivity contribution in [1.82, 2.24) is 5.43 Å². The minimum Gasteiger partial charge on any atom is -0.271 e. The maximum absolute atomic E-state index is 5.47. The molecule has 0 bridgehead atoms. The minimum absolute atomic E-state index is 0.459. The molecule has 1 saturated carbocycles. The largest absolute Gasteiger partial charge is 0.271 e. The van der Waals surface area contributed by atoms with E-state index in [-0.39, 0.29) is 0 Å². The first-order valence-corrected chi connectivity index (χ1v) is 5.04. The predicted molar refractivity (Wildman–Crippen MR) is 52.5 cm³/mol. The molecule has 0 saturated heterocycles. The zero-order chi connectivity index (χ0) is 9.19. The van der Waals surface area contributed by atoms with Crippen LogP contribution in [0.25, 0.3) is 0 Å².